The SMILES string of the molecule is CCN1CCC(Oc2cnc(OC)cn2)CC1. The fourth-order valence-electron chi connectivity index (χ4n) is 1.98. The molecular formula is C12H19N3O2. The van der Waals surface area contributed by atoms with Gasteiger partial charge in [0, 0.05) is 13.1 Å². The predicted molar refractivity (Wildman–Crippen MR) is 64.3 cm³/mol. The maximum atomic E-state index is 5.79. The molecular weight excluding hydrogens is 218 g/mol. The smallest absolute Gasteiger partial charge is 0.232 e. The Morgan fingerprint density at radius 2 is 1.88 bits per heavy atom. The van der Waals surface area contributed by atoms with Gasteiger partial charge in [0.25, 0.3) is 0 Å². The summed E-state index contributed by atoms with van der Waals surface area (Å²) in [6.45, 7) is 5.51. The lowest BCUT2D eigenvalue weighted by Gasteiger charge is -2.30. The van der Waals surface area contributed by atoms with Crippen LogP contribution >= 0.6 is 0 Å². The Bertz CT molecular complexity index is 334. The van der Waals surface area contributed by atoms with Crippen molar-refractivity contribution < 1.29 is 9.47 Å². The van der Waals surface area contributed by atoms with E-state index in [1.807, 2.05) is 0 Å². The summed E-state index contributed by atoms with van der Waals surface area (Å²) in [5, 5.41) is 0. The normalized spacial score (nSPS) is 18.0. The van der Waals surface area contributed by atoms with E-state index in [4.69, 9.17) is 9.47 Å². The molecule has 0 bridgehead atoms. The molecule has 2 heterocycles. The number of hydrogen-bond acceptors (Lipinski definition) is 5. The minimum Gasteiger partial charge on any atom is -0.480 e. The molecule has 0 amide bonds. The van der Waals surface area contributed by atoms with Crippen molar-refractivity contribution in [2.24, 2.45) is 0 Å². The van der Waals surface area contributed by atoms with Crippen molar-refractivity contribution in [2.45, 2.75) is 25.9 Å². The number of methoxy groups -OCH3 is 1. The Balaban J connectivity index is 1.84. The molecule has 2 rings (SSSR count). The molecule has 0 atom stereocenters. The first kappa shape index (κ1) is 12.1. The van der Waals surface area contributed by atoms with Crippen LogP contribution < -0.4 is 9.47 Å². The largest absolute Gasteiger partial charge is 0.480 e. The molecule has 1 fully saturated rings. The minimum absolute atomic E-state index is 0.264. The highest BCUT2D eigenvalue weighted by Gasteiger charge is 2.19. The van der Waals surface area contributed by atoms with E-state index >= 15 is 0 Å². The number of nitrogens with zero attached hydrogens (tertiary/aromatic N) is 3. The fourth-order valence-corrected chi connectivity index (χ4v) is 1.98. The summed E-state index contributed by atoms with van der Waals surface area (Å²) in [6, 6.07) is 0. The number of piperidine rings is 1. The quantitative estimate of drug-likeness (QED) is 0.791. The molecule has 0 aromatic carbocycles. The summed E-state index contributed by atoms with van der Waals surface area (Å²) in [6.07, 6.45) is 5.57. The lowest BCUT2D eigenvalue weighted by Crippen LogP contribution is -2.38. The van der Waals surface area contributed by atoms with Crippen LogP contribution in [0.15, 0.2) is 12.4 Å². The average molecular weight is 237 g/mol. The summed E-state index contributed by atoms with van der Waals surface area (Å²) in [5.41, 5.74) is 0. The maximum absolute atomic E-state index is 5.79. The van der Waals surface area contributed by atoms with Crippen molar-refractivity contribution in [3.05, 3.63) is 12.4 Å². The van der Waals surface area contributed by atoms with Crippen molar-refractivity contribution in [2.75, 3.05) is 26.7 Å². The molecule has 17 heavy (non-hydrogen) atoms. The molecule has 5 nitrogen and oxygen atoms in total. The van der Waals surface area contributed by atoms with E-state index < -0.39 is 0 Å². The van der Waals surface area contributed by atoms with Crippen molar-refractivity contribution in [3.8, 4) is 11.8 Å². The van der Waals surface area contributed by atoms with Crippen molar-refractivity contribution in [1.29, 1.82) is 0 Å². The molecule has 1 aromatic heterocycles. The topological polar surface area (TPSA) is 47.5 Å². The van der Waals surface area contributed by atoms with Crippen LogP contribution in [-0.2, 0) is 0 Å². The number of rotatable bonds is 4. The molecule has 1 aliphatic rings. The first-order chi connectivity index (χ1) is 8.31. The second kappa shape index (κ2) is 5.82. The first-order valence-electron chi connectivity index (χ1n) is 6.07. The molecule has 0 radical (unpaired) electrons. The summed E-state index contributed by atoms with van der Waals surface area (Å²) >= 11 is 0. The molecule has 1 aliphatic heterocycles. The van der Waals surface area contributed by atoms with Gasteiger partial charge in [-0.05, 0) is 19.4 Å². The van der Waals surface area contributed by atoms with Crippen LogP contribution in [0.2, 0.25) is 0 Å². The zero-order valence-electron chi connectivity index (χ0n) is 10.4. The van der Waals surface area contributed by atoms with E-state index in [1.54, 1.807) is 19.5 Å². The van der Waals surface area contributed by atoms with Gasteiger partial charge >= 0.3 is 0 Å². The first-order valence-corrected chi connectivity index (χ1v) is 6.07. The Morgan fingerprint density at radius 3 is 2.41 bits per heavy atom. The van der Waals surface area contributed by atoms with Crippen LogP contribution in [0.1, 0.15) is 19.8 Å². The van der Waals surface area contributed by atoms with Crippen molar-refractivity contribution in [1.82, 2.24) is 14.9 Å². The van der Waals surface area contributed by atoms with Crippen molar-refractivity contribution >= 4 is 0 Å². The maximum Gasteiger partial charge on any atom is 0.232 e. The molecule has 0 aliphatic carbocycles. The van der Waals surface area contributed by atoms with Crippen molar-refractivity contribution in [3.63, 3.8) is 0 Å². The molecule has 1 aromatic rings. The van der Waals surface area contributed by atoms with Gasteiger partial charge in [0.15, 0.2) is 0 Å². The second-order valence-electron chi connectivity index (χ2n) is 4.15. The standard InChI is InChI=1S/C12H19N3O2/c1-3-15-6-4-10(5-7-15)17-12-9-13-11(16-2)8-14-12/h8-10H,3-7H2,1-2H3. The Hall–Kier alpha value is -1.36. The van der Waals surface area contributed by atoms with Crippen LogP contribution in [0.4, 0.5) is 0 Å². The van der Waals surface area contributed by atoms with E-state index in [2.05, 4.69) is 21.8 Å². The lowest BCUT2D eigenvalue weighted by atomic mass is 10.1. The minimum atomic E-state index is 0.264. The third kappa shape index (κ3) is 3.30. The van der Waals surface area contributed by atoms with Crippen LogP contribution in [0.25, 0.3) is 0 Å². The molecule has 0 unspecified atom stereocenters. The second-order valence-corrected chi connectivity index (χ2v) is 4.15. The van der Waals surface area contributed by atoms with Gasteiger partial charge in [-0.1, -0.05) is 6.92 Å². The predicted octanol–water partition coefficient (Wildman–Crippen LogP) is 1.35. The lowest BCUT2D eigenvalue weighted by molar-refractivity contribution is 0.0992. The summed E-state index contributed by atoms with van der Waals surface area (Å²) < 4.78 is 10.7. The highest BCUT2D eigenvalue weighted by Crippen LogP contribution is 2.17. The third-order valence-electron chi connectivity index (χ3n) is 3.08. The van der Waals surface area contributed by atoms with Gasteiger partial charge in [-0.3, -0.25) is 0 Å². The Kier molecular flexibility index (Phi) is 4.14. The molecule has 1 saturated heterocycles. The van der Waals surface area contributed by atoms with Gasteiger partial charge in [-0.15, -0.1) is 0 Å². The van der Waals surface area contributed by atoms with Crippen LogP contribution in [-0.4, -0.2) is 47.7 Å². The van der Waals surface area contributed by atoms with Gasteiger partial charge < -0.3 is 14.4 Å². The van der Waals surface area contributed by atoms with E-state index in [0.717, 1.165) is 32.5 Å². The molecule has 0 saturated carbocycles. The summed E-state index contributed by atoms with van der Waals surface area (Å²) in [7, 11) is 1.57. The highest BCUT2D eigenvalue weighted by atomic mass is 16.5. The zero-order chi connectivity index (χ0) is 12.1. The van der Waals surface area contributed by atoms with E-state index in [0.29, 0.717) is 11.8 Å². The Labute approximate surface area is 102 Å². The number of aromatic nitrogens is 2. The Morgan fingerprint density at radius 1 is 1.24 bits per heavy atom. The van der Waals surface area contributed by atoms with Gasteiger partial charge in [0.2, 0.25) is 11.8 Å². The number of ether oxygens (including phenoxy) is 2. The fraction of sp³-hybridized carbons (Fsp3) is 0.667. The summed E-state index contributed by atoms with van der Waals surface area (Å²) in [4.78, 5) is 10.7. The van der Waals surface area contributed by atoms with Crippen LogP contribution in [0, 0.1) is 0 Å². The van der Waals surface area contributed by atoms with Crippen LogP contribution in [0.5, 0.6) is 11.8 Å². The molecule has 0 spiro atoms. The van der Waals surface area contributed by atoms with E-state index in [-0.39, 0.29) is 6.10 Å². The van der Waals surface area contributed by atoms with Gasteiger partial charge in [0.05, 0.1) is 19.5 Å². The monoisotopic (exact) mass is 237 g/mol. The molecule has 5 heteroatoms. The van der Waals surface area contributed by atoms with Gasteiger partial charge in [-0.25, -0.2) is 9.97 Å². The molecule has 94 valence electrons. The summed E-state index contributed by atoms with van der Waals surface area (Å²) in [5.74, 6) is 1.10. The molecule has 0 N–H and O–H groups in total. The highest BCUT2D eigenvalue weighted by molar-refractivity contribution is 5.11. The number of hydrogen-bond donors (Lipinski definition) is 0. The van der Waals surface area contributed by atoms with E-state index in [1.165, 1.54) is 0 Å². The third-order valence-corrected chi connectivity index (χ3v) is 3.08. The zero-order valence-corrected chi connectivity index (χ0v) is 10.4. The average Bonchev–Trinajstić information content (AvgIpc) is 2.40. The number of likely N-dealkylation sites (tertiary alicyclic amines) is 1. The van der Waals surface area contributed by atoms with E-state index in [9.17, 15) is 0 Å². The van der Waals surface area contributed by atoms with Gasteiger partial charge in [-0.2, -0.15) is 0 Å². The van der Waals surface area contributed by atoms with Gasteiger partial charge in [0.1, 0.15) is 6.10 Å². The van der Waals surface area contributed by atoms with Crippen LogP contribution in [0.3, 0.4) is 0 Å².